The van der Waals surface area contributed by atoms with E-state index in [1.165, 1.54) is 6.07 Å². The van der Waals surface area contributed by atoms with E-state index >= 15 is 0 Å². The van der Waals surface area contributed by atoms with Crippen LogP contribution < -0.4 is 15.6 Å². The molecule has 0 bridgehead atoms. The molecule has 0 fully saturated rings. The zero-order chi connectivity index (χ0) is 15.9. The maximum Gasteiger partial charge on any atom is 0.279 e. The molecule has 2 aromatic carbocycles. The van der Waals surface area contributed by atoms with Crippen molar-refractivity contribution in [3.05, 3.63) is 65.2 Å². The van der Waals surface area contributed by atoms with Crippen LogP contribution in [0.25, 0.3) is 0 Å². The smallest absolute Gasteiger partial charge is 0.279 e. The molecule has 1 unspecified atom stereocenters. The summed E-state index contributed by atoms with van der Waals surface area (Å²) in [7, 11) is 0. The minimum Gasteiger partial charge on any atom is -0.481 e. The highest BCUT2D eigenvalue weighted by Crippen LogP contribution is 2.11. The maximum absolute atomic E-state index is 11.9. The average Bonchev–Trinajstić information content (AvgIpc) is 2.53. The van der Waals surface area contributed by atoms with E-state index in [9.17, 15) is 9.59 Å². The van der Waals surface area contributed by atoms with Crippen LogP contribution in [0.1, 0.15) is 17.3 Å². The largest absolute Gasteiger partial charge is 0.481 e. The lowest BCUT2D eigenvalue weighted by atomic mass is 10.2. The molecule has 0 saturated carbocycles. The molecule has 6 heteroatoms. The second kappa shape index (κ2) is 7.47. The van der Waals surface area contributed by atoms with Gasteiger partial charge in [0.15, 0.2) is 6.10 Å². The molecule has 0 saturated heterocycles. The number of carbonyl (C=O) groups excluding carboxylic acids is 2. The number of benzene rings is 2. The van der Waals surface area contributed by atoms with Crippen LogP contribution in [0, 0.1) is 0 Å². The normalized spacial score (nSPS) is 11.4. The number of hydrogen-bond acceptors (Lipinski definition) is 3. The Labute approximate surface area is 133 Å². The molecule has 2 rings (SSSR count). The van der Waals surface area contributed by atoms with Gasteiger partial charge in [-0.15, -0.1) is 0 Å². The fraction of sp³-hybridized carbons (Fsp3) is 0.125. The third kappa shape index (κ3) is 4.49. The monoisotopic (exact) mass is 318 g/mol. The van der Waals surface area contributed by atoms with Crippen molar-refractivity contribution in [2.24, 2.45) is 0 Å². The Bertz CT molecular complexity index is 661. The Hall–Kier alpha value is -2.53. The van der Waals surface area contributed by atoms with Gasteiger partial charge in [-0.1, -0.05) is 35.9 Å². The zero-order valence-corrected chi connectivity index (χ0v) is 12.6. The Kier molecular flexibility index (Phi) is 5.38. The fourth-order valence-corrected chi connectivity index (χ4v) is 1.87. The summed E-state index contributed by atoms with van der Waals surface area (Å²) in [6.45, 7) is 1.59. The van der Waals surface area contributed by atoms with Gasteiger partial charge in [-0.05, 0) is 37.3 Å². The lowest BCUT2D eigenvalue weighted by molar-refractivity contribution is -0.128. The van der Waals surface area contributed by atoms with Gasteiger partial charge in [-0.25, -0.2) is 0 Å². The molecule has 114 valence electrons. The Morgan fingerprint density at radius 2 is 1.77 bits per heavy atom. The van der Waals surface area contributed by atoms with Gasteiger partial charge in [-0.3, -0.25) is 20.4 Å². The number of hydrogen-bond donors (Lipinski definition) is 2. The van der Waals surface area contributed by atoms with Crippen LogP contribution >= 0.6 is 11.6 Å². The first-order valence-corrected chi connectivity index (χ1v) is 7.01. The molecule has 2 amide bonds. The number of carbonyl (C=O) groups is 2. The highest BCUT2D eigenvalue weighted by Gasteiger charge is 2.15. The van der Waals surface area contributed by atoms with Gasteiger partial charge in [-0.2, -0.15) is 0 Å². The summed E-state index contributed by atoms with van der Waals surface area (Å²) in [6, 6.07) is 15.4. The molecule has 2 N–H and O–H groups in total. The number of amides is 2. The van der Waals surface area contributed by atoms with E-state index < -0.39 is 17.9 Å². The predicted octanol–water partition coefficient (Wildman–Crippen LogP) is 2.57. The summed E-state index contributed by atoms with van der Waals surface area (Å²) in [5, 5.41) is 0.444. The van der Waals surface area contributed by atoms with E-state index in [-0.39, 0.29) is 0 Å². The predicted molar refractivity (Wildman–Crippen MR) is 83.6 cm³/mol. The lowest BCUT2D eigenvalue weighted by Crippen LogP contribution is -2.47. The van der Waals surface area contributed by atoms with E-state index in [4.69, 9.17) is 16.3 Å². The highest BCUT2D eigenvalue weighted by molar-refractivity contribution is 6.30. The van der Waals surface area contributed by atoms with Crippen LogP contribution in [-0.4, -0.2) is 17.9 Å². The van der Waals surface area contributed by atoms with Crippen LogP contribution in [-0.2, 0) is 4.79 Å². The lowest BCUT2D eigenvalue weighted by Gasteiger charge is -2.15. The molecule has 1 atom stereocenters. The van der Waals surface area contributed by atoms with Crippen LogP contribution in [0.2, 0.25) is 5.02 Å². The summed E-state index contributed by atoms with van der Waals surface area (Å²) in [5.74, 6) is -0.340. The van der Waals surface area contributed by atoms with Gasteiger partial charge in [0.25, 0.3) is 11.8 Å². The SMILES string of the molecule is CC(Oc1ccccc1)C(=O)NNC(=O)c1cccc(Cl)c1. The van der Waals surface area contributed by atoms with Gasteiger partial charge < -0.3 is 4.74 Å². The molecule has 2 aromatic rings. The molecule has 0 aliphatic heterocycles. The zero-order valence-electron chi connectivity index (χ0n) is 11.9. The molecule has 0 heterocycles. The Morgan fingerprint density at radius 1 is 1.05 bits per heavy atom. The van der Waals surface area contributed by atoms with Crippen molar-refractivity contribution in [2.45, 2.75) is 13.0 Å². The van der Waals surface area contributed by atoms with Crippen LogP contribution in [0.15, 0.2) is 54.6 Å². The average molecular weight is 319 g/mol. The topological polar surface area (TPSA) is 67.4 Å². The molecular formula is C16H15ClN2O3. The summed E-state index contributed by atoms with van der Waals surface area (Å²) in [4.78, 5) is 23.7. The fourth-order valence-electron chi connectivity index (χ4n) is 1.68. The molecule has 0 radical (unpaired) electrons. The van der Waals surface area contributed by atoms with E-state index in [2.05, 4.69) is 10.9 Å². The standard InChI is InChI=1S/C16H15ClN2O3/c1-11(22-14-8-3-2-4-9-14)15(20)18-19-16(21)12-6-5-7-13(17)10-12/h2-11H,1H3,(H,18,20)(H,19,21). The molecule has 5 nitrogen and oxygen atoms in total. The van der Waals surface area contributed by atoms with Gasteiger partial charge in [0, 0.05) is 10.6 Å². The quantitative estimate of drug-likeness (QED) is 0.851. The third-order valence-electron chi connectivity index (χ3n) is 2.81. The maximum atomic E-state index is 11.9. The van der Waals surface area contributed by atoms with Crippen molar-refractivity contribution in [1.29, 1.82) is 0 Å². The second-order valence-corrected chi connectivity index (χ2v) is 4.96. The van der Waals surface area contributed by atoms with Crippen molar-refractivity contribution in [2.75, 3.05) is 0 Å². The molecule has 0 spiro atoms. The molecule has 0 aromatic heterocycles. The van der Waals surface area contributed by atoms with Crippen molar-refractivity contribution in [3.8, 4) is 5.75 Å². The van der Waals surface area contributed by atoms with Gasteiger partial charge >= 0.3 is 0 Å². The van der Waals surface area contributed by atoms with Crippen molar-refractivity contribution in [3.63, 3.8) is 0 Å². The van der Waals surface area contributed by atoms with Crippen LogP contribution in [0.3, 0.4) is 0 Å². The second-order valence-electron chi connectivity index (χ2n) is 4.53. The molecule has 0 aliphatic carbocycles. The number of hydrazine groups is 1. The Balaban J connectivity index is 1.85. The highest BCUT2D eigenvalue weighted by atomic mass is 35.5. The Morgan fingerprint density at radius 3 is 2.45 bits per heavy atom. The summed E-state index contributed by atoms with van der Waals surface area (Å²) in [6.07, 6.45) is -0.748. The number of halogens is 1. The van der Waals surface area contributed by atoms with Crippen molar-refractivity contribution in [1.82, 2.24) is 10.9 Å². The number of rotatable bonds is 4. The first-order chi connectivity index (χ1) is 10.6. The van der Waals surface area contributed by atoms with E-state index in [0.717, 1.165) is 0 Å². The number of nitrogens with one attached hydrogen (secondary N) is 2. The summed E-state index contributed by atoms with van der Waals surface area (Å²) in [5.41, 5.74) is 4.98. The van der Waals surface area contributed by atoms with Crippen LogP contribution in [0.4, 0.5) is 0 Å². The van der Waals surface area contributed by atoms with E-state index in [1.807, 2.05) is 6.07 Å². The first kappa shape index (κ1) is 15.9. The third-order valence-corrected chi connectivity index (χ3v) is 3.05. The summed E-state index contributed by atoms with van der Waals surface area (Å²) >= 11 is 5.81. The molecule has 22 heavy (non-hydrogen) atoms. The van der Waals surface area contributed by atoms with E-state index in [1.54, 1.807) is 49.4 Å². The van der Waals surface area contributed by atoms with Crippen LogP contribution in [0.5, 0.6) is 5.75 Å². The first-order valence-electron chi connectivity index (χ1n) is 6.64. The molecular weight excluding hydrogens is 304 g/mol. The van der Waals surface area contributed by atoms with E-state index in [0.29, 0.717) is 16.3 Å². The van der Waals surface area contributed by atoms with Crippen molar-refractivity contribution >= 4 is 23.4 Å². The minimum absolute atomic E-state index is 0.351. The number of ether oxygens (including phenoxy) is 1. The van der Waals surface area contributed by atoms with Gasteiger partial charge in [0.2, 0.25) is 0 Å². The van der Waals surface area contributed by atoms with Gasteiger partial charge in [0.1, 0.15) is 5.75 Å². The van der Waals surface area contributed by atoms with Gasteiger partial charge in [0.05, 0.1) is 0 Å². The molecule has 0 aliphatic rings. The number of para-hydroxylation sites is 1. The minimum atomic E-state index is -0.748. The van der Waals surface area contributed by atoms with Crippen molar-refractivity contribution < 1.29 is 14.3 Å². The summed E-state index contributed by atoms with van der Waals surface area (Å²) < 4.78 is 5.45.